The van der Waals surface area contributed by atoms with Gasteiger partial charge in [-0.15, -0.1) is 0 Å². The monoisotopic (exact) mass is 259 g/mol. The molecule has 106 valence electrons. The highest BCUT2D eigenvalue weighted by Gasteiger charge is 2.06. The van der Waals surface area contributed by atoms with Crippen molar-refractivity contribution in [3.05, 3.63) is 35.4 Å². The van der Waals surface area contributed by atoms with Crippen molar-refractivity contribution in [3.8, 4) is 0 Å². The molecule has 1 aromatic rings. The van der Waals surface area contributed by atoms with Gasteiger partial charge in [-0.1, -0.05) is 61.9 Å². The van der Waals surface area contributed by atoms with Gasteiger partial charge in [-0.25, -0.2) is 0 Å². The third-order valence-electron chi connectivity index (χ3n) is 4.29. The van der Waals surface area contributed by atoms with Crippen LogP contribution in [0, 0.1) is 6.92 Å². The summed E-state index contributed by atoms with van der Waals surface area (Å²) in [4.78, 5) is 2.69. The van der Waals surface area contributed by atoms with Gasteiger partial charge in [0.15, 0.2) is 0 Å². The maximum Gasteiger partial charge on any atom is 0.00218 e. The average Bonchev–Trinajstić information content (AvgIpc) is 2.45. The van der Waals surface area contributed by atoms with Crippen molar-refractivity contribution >= 4 is 0 Å². The van der Waals surface area contributed by atoms with Crippen LogP contribution in [0.4, 0.5) is 0 Å². The van der Waals surface area contributed by atoms with Crippen LogP contribution in [0.2, 0.25) is 0 Å². The highest BCUT2D eigenvalue weighted by atomic mass is 15.1. The van der Waals surface area contributed by atoms with E-state index in [0.29, 0.717) is 0 Å². The first kappa shape index (κ1) is 14.6. The maximum absolute atomic E-state index is 2.69. The minimum atomic E-state index is 1.21. The smallest absolute Gasteiger partial charge is 0.00218 e. The number of rotatable bonds is 3. The first-order valence-electron chi connectivity index (χ1n) is 8.12. The van der Waals surface area contributed by atoms with Crippen molar-refractivity contribution in [1.82, 2.24) is 4.90 Å². The average molecular weight is 259 g/mol. The largest absolute Gasteiger partial charge is 0.303 e. The molecule has 1 heterocycles. The molecule has 0 unspecified atom stereocenters. The van der Waals surface area contributed by atoms with Gasteiger partial charge >= 0.3 is 0 Å². The Kier molecular flexibility index (Phi) is 6.43. The second kappa shape index (κ2) is 8.37. The molecule has 0 bridgehead atoms. The van der Waals surface area contributed by atoms with Crippen LogP contribution in [-0.2, 0) is 6.42 Å². The molecule has 0 aromatic heterocycles. The molecule has 0 amide bonds. The number of nitrogens with zero attached hydrogens (tertiary/aromatic N) is 1. The van der Waals surface area contributed by atoms with Gasteiger partial charge in [-0.3, -0.25) is 0 Å². The van der Waals surface area contributed by atoms with Gasteiger partial charge in [0.1, 0.15) is 0 Å². The first-order chi connectivity index (χ1) is 9.34. The van der Waals surface area contributed by atoms with E-state index in [9.17, 15) is 0 Å². The van der Waals surface area contributed by atoms with Crippen LogP contribution in [0.25, 0.3) is 0 Å². The summed E-state index contributed by atoms with van der Waals surface area (Å²) in [5.41, 5.74) is 2.85. The van der Waals surface area contributed by atoms with Crippen molar-refractivity contribution in [2.75, 3.05) is 19.6 Å². The van der Waals surface area contributed by atoms with Gasteiger partial charge in [0.2, 0.25) is 0 Å². The van der Waals surface area contributed by atoms with Crippen LogP contribution in [0.3, 0.4) is 0 Å². The molecule has 0 aliphatic carbocycles. The minimum Gasteiger partial charge on any atom is -0.303 e. The zero-order chi connectivity index (χ0) is 13.3. The lowest BCUT2D eigenvalue weighted by Gasteiger charge is -2.23. The molecule has 1 aliphatic heterocycles. The molecule has 0 spiro atoms. The standard InChI is InChI=1S/C18H29N/c1-17-9-11-18(12-10-17)13-16-19-14-7-5-3-2-4-6-8-15-19/h9-12H,2-8,13-16H2,1H3. The molecule has 0 atom stereocenters. The topological polar surface area (TPSA) is 3.24 Å². The first-order valence-corrected chi connectivity index (χ1v) is 8.12. The Hall–Kier alpha value is -0.820. The van der Waals surface area contributed by atoms with Crippen molar-refractivity contribution in [2.45, 2.75) is 58.3 Å². The Morgan fingerprint density at radius 2 is 1.32 bits per heavy atom. The quantitative estimate of drug-likeness (QED) is 0.767. The van der Waals surface area contributed by atoms with Crippen LogP contribution in [0.1, 0.15) is 56.1 Å². The van der Waals surface area contributed by atoms with Crippen molar-refractivity contribution in [2.24, 2.45) is 0 Å². The lowest BCUT2D eigenvalue weighted by Crippen LogP contribution is -2.28. The highest BCUT2D eigenvalue weighted by molar-refractivity contribution is 5.21. The molecule has 1 saturated heterocycles. The van der Waals surface area contributed by atoms with Gasteiger partial charge in [0.05, 0.1) is 0 Å². The fourth-order valence-corrected chi connectivity index (χ4v) is 2.93. The number of hydrogen-bond donors (Lipinski definition) is 0. The summed E-state index contributed by atoms with van der Waals surface area (Å²) in [7, 11) is 0. The van der Waals surface area contributed by atoms with E-state index in [-0.39, 0.29) is 0 Å². The molecule has 1 aliphatic rings. The summed E-state index contributed by atoms with van der Waals surface area (Å²) in [6.45, 7) is 6.02. The SMILES string of the molecule is Cc1ccc(CCN2CCCCCCCCC2)cc1. The lowest BCUT2D eigenvalue weighted by atomic mass is 10.1. The summed E-state index contributed by atoms with van der Waals surface area (Å²) < 4.78 is 0. The predicted octanol–water partition coefficient (Wildman–Crippen LogP) is 4.58. The molecule has 1 fully saturated rings. The Bertz CT molecular complexity index is 331. The third-order valence-corrected chi connectivity index (χ3v) is 4.29. The molecule has 0 saturated carbocycles. The second-order valence-electron chi connectivity index (χ2n) is 6.05. The van der Waals surface area contributed by atoms with Gasteiger partial charge in [-0.05, 0) is 44.8 Å². The number of benzene rings is 1. The van der Waals surface area contributed by atoms with Gasteiger partial charge in [0.25, 0.3) is 0 Å². The predicted molar refractivity (Wildman–Crippen MR) is 83.6 cm³/mol. The minimum absolute atomic E-state index is 1.21. The Morgan fingerprint density at radius 3 is 1.89 bits per heavy atom. The van der Waals surface area contributed by atoms with Crippen LogP contribution >= 0.6 is 0 Å². The lowest BCUT2D eigenvalue weighted by molar-refractivity contribution is 0.258. The normalized spacial score (nSPS) is 19.2. The van der Waals surface area contributed by atoms with E-state index in [2.05, 4.69) is 36.1 Å². The third kappa shape index (κ3) is 5.78. The van der Waals surface area contributed by atoms with E-state index >= 15 is 0 Å². The number of aryl methyl sites for hydroxylation is 1. The van der Waals surface area contributed by atoms with E-state index in [1.54, 1.807) is 0 Å². The Balaban J connectivity index is 1.76. The molecule has 1 heteroatoms. The van der Waals surface area contributed by atoms with Gasteiger partial charge in [-0.2, -0.15) is 0 Å². The molecule has 0 radical (unpaired) electrons. The zero-order valence-corrected chi connectivity index (χ0v) is 12.5. The summed E-state index contributed by atoms with van der Waals surface area (Å²) in [5, 5.41) is 0. The van der Waals surface area contributed by atoms with E-state index in [0.717, 1.165) is 0 Å². The van der Waals surface area contributed by atoms with Gasteiger partial charge < -0.3 is 4.90 Å². The Morgan fingerprint density at radius 1 is 0.789 bits per heavy atom. The molecular formula is C18H29N. The van der Waals surface area contributed by atoms with E-state index in [1.807, 2.05) is 0 Å². The van der Waals surface area contributed by atoms with E-state index < -0.39 is 0 Å². The molecule has 19 heavy (non-hydrogen) atoms. The molecule has 1 nitrogen and oxygen atoms in total. The molecule has 1 aromatic carbocycles. The fourth-order valence-electron chi connectivity index (χ4n) is 2.93. The van der Waals surface area contributed by atoms with Crippen molar-refractivity contribution in [3.63, 3.8) is 0 Å². The van der Waals surface area contributed by atoms with E-state index in [1.165, 1.54) is 82.1 Å². The highest BCUT2D eigenvalue weighted by Crippen LogP contribution is 2.12. The van der Waals surface area contributed by atoms with E-state index in [4.69, 9.17) is 0 Å². The number of hydrogen-bond acceptors (Lipinski definition) is 1. The van der Waals surface area contributed by atoms with Crippen LogP contribution < -0.4 is 0 Å². The summed E-state index contributed by atoms with van der Waals surface area (Å²) in [5.74, 6) is 0. The van der Waals surface area contributed by atoms with Crippen molar-refractivity contribution < 1.29 is 0 Å². The van der Waals surface area contributed by atoms with Crippen LogP contribution in [-0.4, -0.2) is 24.5 Å². The fraction of sp³-hybridized carbons (Fsp3) is 0.667. The van der Waals surface area contributed by atoms with Crippen molar-refractivity contribution in [1.29, 1.82) is 0 Å². The van der Waals surface area contributed by atoms with Gasteiger partial charge in [0, 0.05) is 6.54 Å². The van der Waals surface area contributed by atoms with Crippen LogP contribution in [0.15, 0.2) is 24.3 Å². The van der Waals surface area contributed by atoms with Crippen LogP contribution in [0.5, 0.6) is 0 Å². The maximum atomic E-state index is 2.69. The molecule has 2 rings (SSSR count). The summed E-state index contributed by atoms with van der Waals surface area (Å²) >= 11 is 0. The molecular weight excluding hydrogens is 230 g/mol. The zero-order valence-electron chi connectivity index (χ0n) is 12.5. The summed E-state index contributed by atoms with van der Waals surface area (Å²) in [6.07, 6.45) is 11.2. The molecule has 0 N–H and O–H groups in total. The Labute approximate surface area is 119 Å². The second-order valence-corrected chi connectivity index (χ2v) is 6.05. The summed E-state index contributed by atoms with van der Waals surface area (Å²) in [6, 6.07) is 9.04.